The van der Waals surface area contributed by atoms with Gasteiger partial charge in [0.05, 0.1) is 25.5 Å². The molecule has 0 saturated carbocycles. The maximum Gasteiger partial charge on any atom is 0.129 e. The van der Waals surface area contributed by atoms with Gasteiger partial charge in [-0.15, -0.1) is 0 Å². The van der Waals surface area contributed by atoms with Crippen molar-refractivity contribution in [3.05, 3.63) is 29.0 Å². The molecule has 1 aromatic rings. The van der Waals surface area contributed by atoms with E-state index in [1.165, 1.54) is 0 Å². The number of hydrogen-bond donors (Lipinski definition) is 0. The van der Waals surface area contributed by atoms with Gasteiger partial charge in [-0.3, -0.25) is 0 Å². The number of aromatic nitrogens is 1. The molecule has 1 aromatic heterocycles. The highest BCUT2D eigenvalue weighted by Crippen LogP contribution is 2.10. The summed E-state index contributed by atoms with van der Waals surface area (Å²) in [6.07, 6.45) is 0.237. The Balaban J connectivity index is 1.86. The molecular weight excluding hydrogens is 190 g/mol. The highest BCUT2D eigenvalue weighted by molar-refractivity contribution is 6.29. The van der Waals surface area contributed by atoms with Gasteiger partial charge in [0.25, 0.3) is 0 Å². The van der Waals surface area contributed by atoms with Gasteiger partial charge in [0.2, 0.25) is 0 Å². The summed E-state index contributed by atoms with van der Waals surface area (Å²) < 4.78 is 10.4. The predicted molar refractivity (Wildman–Crippen MR) is 48.6 cm³/mol. The van der Waals surface area contributed by atoms with Crippen LogP contribution in [0, 0.1) is 0 Å². The van der Waals surface area contributed by atoms with Crippen molar-refractivity contribution in [3.63, 3.8) is 0 Å². The van der Waals surface area contributed by atoms with Crippen LogP contribution in [0.2, 0.25) is 5.15 Å². The van der Waals surface area contributed by atoms with Gasteiger partial charge in [0.15, 0.2) is 0 Å². The first-order valence-corrected chi connectivity index (χ1v) is 4.53. The van der Waals surface area contributed by atoms with E-state index in [0.29, 0.717) is 25.0 Å². The highest BCUT2D eigenvalue weighted by atomic mass is 35.5. The van der Waals surface area contributed by atoms with Crippen LogP contribution in [-0.4, -0.2) is 24.3 Å². The van der Waals surface area contributed by atoms with Gasteiger partial charge in [0, 0.05) is 0 Å². The van der Waals surface area contributed by atoms with Crippen LogP contribution < -0.4 is 0 Å². The van der Waals surface area contributed by atoms with E-state index in [0.717, 1.165) is 5.69 Å². The van der Waals surface area contributed by atoms with Gasteiger partial charge in [0.1, 0.15) is 11.3 Å². The van der Waals surface area contributed by atoms with E-state index in [1.807, 2.05) is 12.1 Å². The molecule has 3 nitrogen and oxygen atoms in total. The smallest absolute Gasteiger partial charge is 0.129 e. The second kappa shape index (κ2) is 4.05. The quantitative estimate of drug-likeness (QED) is 0.694. The zero-order valence-electron chi connectivity index (χ0n) is 7.07. The zero-order chi connectivity index (χ0) is 9.10. The molecule has 0 unspecified atom stereocenters. The summed E-state index contributed by atoms with van der Waals surface area (Å²) in [7, 11) is 0. The summed E-state index contributed by atoms with van der Waals surface area (Å²) in [5.41, 5.74) is 0.861. The summed E-state index contributed by atoms with van der Waals surface area (Å²) >= 11 is 5.72. The molecule has 2 heterocycles. The number of hydrogen-bond acceptors (Lipinski definition) is 3. The van der Waals surface area contributed by atoms with E-state index < -0.39 is 0 Å². The average molecular weight is 200 g/mol. The topological polar surface area (TPSA) is 31.4 Å². The molecule has 0 N–H and O–H groups in total. The molecule has 1 saturated heterocycles. The molecule has 1 fully saturated rings. The van der Waals surface area contributed by atoms with Crippen LogP contribution in [0.15, 0.2) is 18.2 Å². The number of rotatable bonds is 3. The molecule has 13 heavy (non-hydrogen) atoms. The SMILES string of the molecule is Clc1cccc(COC2COC2)n1. The van der Waals surface area contributed by atoms with Gasteiger partial charge in [-0.2, -0.15) is 0 Å². The summed E-state index contributed by atoms with van der Waals surface area (Å²) in [4.78, 5) is 4.10. The third kappa shape index (κ3) is 2.40. The predicted octanol–water partition coefficient (Wildman–Crippen LogP) is 1.65. The first kappa shape index (κ1) is 8.94. The number of pyridine rings is 1. The summed E-state index contributed by atoms with van der Waals surface area (Å²) in [6, 6.07) is 5.51. The Morgan fingerprint density at radius 2 is 2.38 bits per heavy atom. The van der Waals surface area contributed by atoms with Gasteiger partial charge in [-0.05, 0) is 12.1 Å². The Bertz CT molecular complexity index is 289. The van der Waals surface area contributed by atoms with Crippen LogP contribution in [0.25, 0.3) is 0 Å². The number of ether oxygens (including phenoxy) is 2. The molecule has 0 amide bonds. The van der Waals surface area contributed by atoms with E-state index in [9.17, 15) is 0 Å². The Morgan fingerprint density at radius 3 is 3.00 bits per heavy atom. The molecule has 0 radical (unpaired) electrons. The van der Waals surface area contributed by atoms with E-state index in [1.54, 1.807) is 6.07 Å². The monoisotopic (exact) mass is 199 g/mol. The fraction of sp³-hybridized carbons (Fsp3) is 0.444. The van der Waals surface area contributed by atoms with Crippen LogP contribution in [0.5, 0.6) is 0 Å². The third-order valence-corrected chi connectivity index (χ3v) is 2.06. The maximum atomic E-state index is 5.72. The molecule has 0 atom stereocenters. The lowest BCUT2D eigenvalue weighted by Crippen LogP contribution is -2.35. The molecular formula is C9H10ClNO2. The summed E-state index contributed by atoms with van der Waals surface area (Å²) in [5, 5.41) is 0.506. The molecule has 0 aromatic carbocycles. The van der Waals surface area contributed by atoms with Gasteiger partial charge >= 0.3 is 0 Å². The van der Waals surface area contributed by atoms with Gasteiger partial charge < -0.3 is 9.47 Å². The van der Waals surface area contributed by atoms with Gasteiger partial charge in [-0.25, -0.2) is 4.98 Å². The summed E-state index contributed by atoms with van der Waals surface area (Å²) in [5.74, 6) is 0. The van der Waals surface area contributed by atoms with Crippen molar-refractivity contribution in [2.75, 3.05) is 13.2 Å². The van der Waals surface area contributed by atoms with E-state index >= 15 is 0 Å². The fourth-order valence-electron chi connectivity index (χ4n) is 1.04. The number of nitrogens with zero attached hydrogens (tertiary/aromatic N) is 1. The van der Waals surface area contributed by atoms with E-state index in [2.05, 4.69) is 4.98 Å². The number of halogens is 1. The standard InChI is InChI=1S/C9H10ClNO2/c10-9-3-1-2-7(11-9)4-13-8-5-12-6-8/h1-3,8H,4-6H2. The minimum absolute atomic E-state index is 0.237. The normalized spacial score (nSPS) is 17.0. The van der Waals surface area contributed by atoms with Crippen molar-refractivity contribution >= 4 is 11.6 Å². The van der Waals surface area contributed by atoms with Crippen LogP contribution in [0.3, 0.4) is 0 Å². The molecule has 1 aliphatic heterocycles. The van der Waals surface area contributed by atoms with E-state index in [4.69, 9.17) is 21.1 Å². The summed E-state index contributed by atoms with van der Waals surface area (Å²) in [6.45, 7) is 1.90. The average Bonchev–Trinajstić information content (AvgIpc) is 2.01. The van der Waals surface area contributed by atoms with Crippen molar-refractivity contribution in [1.29, 1.82) is 0 Å². The minimum atomic E-state index is 0.237. The Morgan fingerprint density at radius 1 is 1.54 bits per heavy atom. The van der Waals surface area contributed by atoms with E-state index in [-0.39, 0.29) is 6.10 Å². The van der Waals surface area contributed by atoms with Crippen molar-refractivity contribution in [2.24, 2.45) is 0 Å². The molecule has 70 valence electrons. The highest BCUT2D eigenvalue weighted by Gasteiger charge is 2.18. The lowest BCUT2D eigenvalue weighted by molar-refractivity contribution is -0.135. The minimum Gasteiger partial charge on any atom is -0.376 e. The van der Waals surface area contributed by atoms with Gasteiger partial charge in [-0.1, -0.05) is 17.7 Å². The molecule has 2 rings (SSSR count). The second-order valence-electron chi connectivity index (χ2n) is 2.92. The van der Waals surface area contributed by atoms with Crippen molar-refractivity contribution < 1.29 is 9.47 Å². The van der Waals surface area contributed by atoms with Crippen molar-refractivity contribution in [3.8, 4) is 0 Å². The Kier molecular flexibility index (Phi) is 2.78. The lowest BCUT2D eigenvalue weighted by Gasteiger charge is -2.25. The zero-order valence-corrected chi connectivity index (χ0v) is 7.83. The van der Waals surface area contributed by atoms with Crippen LogP contribution in [-0.2, 0) is 16.1 Å². The molecule has 1 aliphatic rings. The van der Waals surface area contributed by atoms with Crippen LogP contribution in [0.4, 0.5) is 0 Å². The largest absolute Gasteiger partial charge is 0.376 e. The van der Waals surface area contributed by atoms with Crippen molar-refractivity contribution in [2.45, 2.75) is 12.7 Å². The second-order valence-corrected chi connectivity index (χ2v) is 3.31. The molecule has 0 spiro atoms. The van der Waals surface area contributed by atoms with Crippen LogP contribution in [0.1, 0.15) is 5.69 Å². The lowest BCUT2D eigenvalue weighted by atomic mass is 10.3. The third-order valence-electron chi connectivity index (χ3n) is 1.85. The molecule has 0 bridgehead atoms. The van der Waals surface area contributed by atoms with Crippen LogP contribution >= 0.6 is 11.6 Å². The maximum absolute atomic E-state index is 5.72. The Hall–Kier alpha value is -0.640. The first-order valence-electron chi connectivity index (χ1n) is 4.15. The first-order chi connectivity index (χ1) is 6.34. The fourth-order valence-corrected chi connectivity index (χ4v) is 1.23. The molecule has 4 heteroatoms. The van der Waals surface area contributed by atoms with Crippen molar-refractivity contribution in [1.82, 2.24) is 4.98 Å². The molecule has 0 aliphatic carbocycles. The Labute approximate surface area is 81.6 Å².